The average molecular weight is 365 g/mol. The van der Waals surface area contributed by atoms with Crippen molar-refractivity contribution < 1.29 is 9.52 Å². The van der Waals surface area contributed by atoms with E-state index in [0.29, 0.717) is 0 Å². The van der Waals surface area contributed by atoms with Gasteiger partial charge >= 0.3 is 0 Å². The molecule has 0 bridgehead atoms. The predicted molar refractivity (Wildman–Crippen MR) is 107 cm³/mol. The number of aliphatic hydroxyl groups is 1. The minimum Gasteiger partial charge on any atom is -0.474 e. The summed E-state index contributed by atoms with van der Waals surface area (Å²) >= 11 is 1.79. The lowest BCUT2D eigenvalue weighted by Gasteiger charge is -2.11. The van der Waals surface area contributed by atoms with Crippen molar-refractivity contribution >= 4 is 24.8 Å². The van der Waals surface area contributed by atoms with Gasteiger partial charge < -0.3 is 9.52 Å². The molecule has 2 nitrogen and oxygen atoms in total. The van der Waals surface area contributed by atoms with Crippen LogP contribution in [0.25, 0.3) is 0 Å². The van der Waals surface area contributed by atoms with Gasteiger partial charge in [-0.1, -0.05) is 51.7 Å². The molecule has 0 aliphatic carbocycles. The summed E-state index contributed by atoms with van der Waals surface area (Å²) in [6, 6.07) is 4.30. The number of unbranched alkanes of at least 4 members (excludes halogenated alkanes) is 5. The van der Waals surface area contributed by atoms with Gasteiger partial charge in [-0.25, -0.2) is 0 Å². The highest BCUT2D eigenvalue weighted by Crippen LogP contribution is 2.21. The van der Waals surface area contributed by atoms with Crippen molar-refractivity contribution in [2.24, 2.45) is 0 Å². The summed E-state index contributed by atoms with van der Waals surface area (Å²) in [7, 11) is -1.41. The molecule has 2 rings (SSSR count). The Morgan fingerprint density at radius 2 is 1.79 bits per heavy atom. The third-order valence-corrected chi connectivity index (χ3v) is 6.99. The number of hydrogen-bond acceptors (Lipinski definition) is 3. The van der Waals surface area contributed by atoms with Crippen LogP contribution in [-0.2, 0) is 6.42 Å². The smallest absolute Gasteiger partial charge is 0.123 e. The van der Waals surface area contributed by atoms with E-state index in [1.807, 2.05) is 0 Å². The molecule has 1 N–H and O–H groups in total. The maximum atomic E-state index is 10.3. The highest BCUT2D eigenvalue weighted by atomic mass is 32.1. The molecular weight excluding hydrogens is 332 g/mol. The van der Waals surface area contributed by atoms with Crippen LogP contribution in [0.1, 0.15) is 62.2 Å². The number of rotatable bonds is 11. The first-order chi connectivity index (χ1) is 11.5. The van der Waals surface area contributed by atoms with Gasteiger partial charge in [0, 0.05) is 5.56 Å². The summed E-state index contributed by atoms with van der Waals surface area (Å²) in [5, 5.41) is 15.8. The first kappa shape index (κ1) is 19.5. The zero-order valence-corrected chi connectivity index (χ0v) is 17.2. The van der Waals surface area contributed by atoms with Crippen LogP contribution in [0, 0.1) is 0 Å². The van der Waals surface area contributed by atoms with Crippen LogP contribution in [0.4, 0.5) is 0 Å². The van der Waals surface area contributed by atoms with Crippen molar-refractivity contribution in [1.29, 1.82) is 0 Å². The van der Waals surface area contributed by atoms with E-state index in [0.717, 1.165) is 23.8 Å². The van der Waals surface area contributed by atoms with Gasteiger partial charge in [0.25, 0.3) is 0 Å². The number of thiophene rings is 1. The van der Waals surface area contributed by atoms with Gasteiger partial charge in [0.1, 0.15) is 8.07 Å². The lowest BCUT2D eigenvalue weighted by atomic mass is 10.0. The maximum Gasteiger partial charge on any atom is 0.123 e. The third-order valence-electron chi connectivity index (χ3n) is 4.52. The summed E-state index contributed by atoms with van der Waals surface area (Å²) < 4.78 is 5.66. The predicted octanol–water partition coefficient (Wildman–Crippen LogP) is 5.89. The highest BCUT2D eigenvalue weighted by Gasteiger charge is 2.22. The van der Waals surface area contributed by atoms with Gasteiger partial charge in [-0.2, -0.15) is 11.3 Å². The quantitative estimate of drug-likeness (QED) is 0.398. The number of furan rings is 1. The van der Waals surface area contributed by atoms with Crippen LogP contribution in [0.15, 0.2) is 33.6 Å². The molecule has 0 amide bonds. The van der Waals surface area contributed by atoms with Crippen LogP contribution < -0.4 is 5.38 Å². The molecule has 0 radical (unpaired) electrons. The summed E-state index contributed by atoms with van der Waals surface area (Å²) in [5.74, 6) is 0. The van der Waals surface area contributed by atoms with Crippen LogP contribution in [0.3, 0.4) is 0 Å². The van der Waals surface area contributed by atoms with E-state index in [-0.39, 0.29) is 6.10 Å². The topological polar surface area (TPSA) is 33.4 Å². The molecule has 0 aromatic carbocycles. The van der Waals surface area contributed by atoms with Crippen molar-refractivity contribution in [2.75, 3.05) is 0 Å². The van der Waals surface area contributed by atoms with E-state index in [2.05, 4.69) is 42.5 Å². The zero-order chi connectivity index (χ0) is 17.4. The second-order valence-electron chi connectivity index (χ2n) is 7.80. The number of hydrogen-bond donors (Lipinski definition) is 1. The van der Waals surface area contributed by atoms with Crippen LogP contribution in [0.5, 0.6) is 0 Å². The average Bonchev–Trinajstić information content (AvgIpc) is 3.19. The molecular formula is C20H32O2SSi. The molecule has 1 atom stereocenters. The van der Waals surface area contributed by atoms with Crippen LogP contribution >= 0.6 is 11.3 Å². The highest BCUT2D eigenvalue weighted by molar-refractivity contribution is 7.07. The molecule has 0 aliphatic heterocycles. The van der Waals surface area contributed by atoms with Crippen molar-refractivity contribution in [3.8, 4) is 0 Å². The van der Waals surface area contributed by atoms with Crippen LogP contribution in [0.2, 0.25) is 19.6 Å². The fraction of sp³-hybridized carbons (Fsp3) is 0.600. The van der Waals surface area contributed by atoms with E-state index in [9.17, 15) is 5.11 Å². The largest absolute Gasteiger partial charge is 0.474 e. The first-order valence-electron chi connectivity index (χ1n) is 9.25. The standard InChI is InChI=1S/C20H32O2SSi/c1-24(2,3)20-14-18(15-22-20)19(21)11-9-7-5-4-6-8-10-17-12-13-23-16-17/h12-16,19,21H,4-11H2,1-3H3. The van der Waals surface area contributed by atoms with Gasteiger partial charge in [0.15, 0.2) is 0 Å². The Bertz CT molecular complexity index is 569. The summed E-state index contributed by atoms with van der Waals surface area (Å²) in [6.45, 7) is 6.79. The van der Waals surface area contributed by atoms with E-state index < -0.39 is 8.07 Å². The Hall–Kier alpha value is -0.843. The first-order valence-corrected chi connectivity index (χ1v) is 13.7. The zero-order valence-electron chi connectivity index (χ0n) is 15.4. The molecule has 2 aromatic heterocycles. The van der Waals surface area contributed by atoms with Gasteiger partial charge in [-0.3, -0.25) is 0 Å². The summed E-state index contributed by atoms with van der Waals surface area (Å²) in [6.07, 6.45) is 11.0. The van der Waals surface area contributed by atoms with Crippen LogP contribution in [-0.4, -0.2) is 13.2 Å². The Labute approximate surface area is 151 Å². The summed E-state index contributed by atoms with van der Waals surface area (Å²) in [4.78, 5) is 0. The molecule has 0 fully saturated rings. The second kappa shape index (κ2) is 9.59. The Morgan fingerprint density at radius 1 is 1.08 bits per heavy atom. The fourth-order valence-electron chi connectivity index (χ4n) is 2.89. The molecule has 0 saturated heterocycles. The molecule has 0 saturated carbocycles. The Morgan fingerprint density at radius 3 is 2.42 bits per heavy atom. The number of aliphatic hydroxyl groups excluding tert-OH is 1. The van der Waals surface area contributed by atoms with Gasteiger partial charge in [-0.05, 0) is 47.7 Å². The molecule has 4 heteroatoms. The van der Waals surface area contributed by atoms with E-state index in [1.54, 1.807) is 17.6 Å². The molecule has 2 aromatic rings. The minimum atomic E-state index is -1.41. The van der Waals surface area contributed by atoms with Gasteiger partial charge in [0.2, 0.25) is 0 Å². The Kier molecular flexibility index (Phi) is 7.79. The van der Waals surface area contributed by atoms with Crippen molar-refractivity contribution in [2.45, 2.75) is 77.1 Å². The number of aryl methyl sites for hydroxylation is 1. The normalized spacial score (nSPS) is 13.3. The third kappa shape index (κ3) is 6.58. The monoisotopic (exact) mass is 364 g/mol. The van der Waals surface area contributed by atoms with E-state index in [1.165, 1.54) is 44.1 Å². The summed E-state index contributed by atoms with van der Waals surface area (Å²) in [5.41, 5.74) is 2.45. The van der Waals surface area contributed by atoms with E-state index >= 15 is 0 Å². The molecule has 0 aliphatic rings. The van der Waals surface area contributed by atoms with E-state index in [4.69, 9.17) is 4.42 Å². The fourth-order valence-corrected chi connectivity index (χ4v) is 4.61. The second-order valence-corrected chi connectivity index (χ2v) is 13.6. The maximum absolute atomic E-state index is 10.3. The lowest BCUT2D eigenvalue weighted by Crippen LogP contribution is -2.36. The SMILES string of the molecule is C[Si](C)(C)c1cc(C(O)CCCCCCCCc2ccsc2)co1. The molecule has 0 spiro atoms. The van der Waals surface area contributed by atoms with Gasteiger partial charge in [-0.15, -0.1) is 0 Å². The Balaban J connectivity index is 1.53. The molecule has 1 unspecified atom stereocenters. The molecule has 24 heavy (non-hydrogen) atoms. The molecule has 2 heterocycles. The van der Waals surface area contributed by atoms with Gasteiger partial charge in [0.05, 0.1) is 17.8 Å². The van der Waals surface area contributed by atoms with Crippen molar-refractivity contribution in [1.82, 2.24) is 0 Å². The minimum absolute atomic E-state index is 0.363. The van der Waals surface area contributed by atoms with Crippen molar-refractivity contribution in [3.05, 3.63) is 40.3 Å². The molecule has 134 valence electrons. The van der Waals surface area contributed by atoms with Crippen molar-refractivity contribution in [3.63, 3.8) is 0 Å². The lowest BCUT2D eigenvalue weighted by molar-refractivity contribution is 0.162.